The first-order valence-corrected chi connectivity index (χ1v) is 11.3. The minimum absolute atomic E-state index is 0.0270. The molecule has 182 valence electrons. The van der Waals surface area contributed by atoms with E-state index in [2.05, 4.69) is 15.4 Å². The van der Waals surface area contributed by atoms with E-state index in [1.165, 1.54) is 24.6 Å². The second kappa shape index (κ2) is 9.91. The third-order valence-corrected chi connectivity index (χ3v) is 5.74. The van der Waals surface area contributed by atoms with Crippen molar-refractivity contribution in [3.63, 3.8) is 0 Å². The molecule has 0 aliphatic rings. The van der Waals surface area contributed by atoms with E-state index in [1.54, 1.807) is 30.1 Å². The van der Waals surface area contributed by atoms with Gasteiger partial charge in [0.25, 0.3) is 5.89 Å². The molecule has 8 nitrogen and oxygen atoms in total. The number of nitrogens with zero attached hydrogens (tertiary/aromatic N) is 3. The summed E-state index contributed by atoms with van der Waals surface area (Å²) >= 11 is 0. The fourth-order valence-electron chi connectivity index (χ4n) is 3.98. The summed E-state index contributed by atoms with van der Waals surface area (Å²) in [6, 6.07) is 18.8. The van der Waals surface area contributed by atoms with Crippen molar-refractivity contribution in [2.45, 2.75) is 19.1 Å². The molecule has 2 atom stereocenters. The Bertz CT molecular complexity index is 1480. The fraction of sp³-hybridized carbons (Fsp3) is 0.148. The zero-order valence-corrected chi connectivity index (χ0v) is 19.6. The Balaban J connectivity index is 1.44. The lowest BCUT2D eigenvalue weighted by molar-refractivity contribution is 0.0847. The Morgan fingerprint density at radius 3 is 2.67 bits per heavy atom. The molecular formula is C27H23FN4O4. The van der Waals surface area contributed by atoms with Crippen LogP contribution in [0.25, 0.3) is 16.6 Å². The molecule has 3 aromatic carbocycles. The number of oxazole rings is 1. The zero-order valence-electron chi connectivity index (χ0n) is 19.6. The van der Waals surface area contributed by atoms with Crippen LogP contribution in [-0.4, -0.2) is 33.8 Å². The molecule has 0 spiro atoms. The number of halogens is 1. The highest BCUT2D eigenvalue weighted by Crippen LogP contribution is 2.30. The molecule has 9 heteroatoms. The third-order valence-electron chi connectivity index (χ3n) is 5.74. The summed E-state index contributed by atoms with van der Waals surface area (Å²) in [6.07, 6.45) is 3.93. The number of hydrogen-bond acceptors (Lipinski definition) is 6. The van der Waals surface area contributed by atoms with Crippen molar-refractivity contribution in [3.8, 4) is 17.2 Å². The van der Waals surface area contributed by atoms with E-state index < -0.39 is 18.1 Å². The number of aromatic nitrogens is 3. The number of nitrogens with one attached hydrogen (secondary N) is 1. The van der Waals surface area contributed by atoms with Gasteiger partial charge in [-0.3, -0.25) is 4.79 Å². The van der Waals surface area contributed by atoms with Gasteiger partial charge in [-0.25, -0.2) is 14.1 Å². The topological polar surface area (TPSA) is 91.4 Å². The molecule has 0 saturated carbocycles. The molecule has 2 heterocycles. The van der Waals surface area contributed by atoms with Crippen LogP contribution in [0.3, 0.4) is 0 Å². The SMILES string of the molecule is COc1cccc([C@H](Oc2ccc3c(cnn3-c3ccc(F)cc3)c2)[C@H](C)NC(=O)c2ncco2)c1. The second-order valence-corrected chi connectivity index (χ2v) is 8.17. The van der Waals surface area contributed by atoms with Gasteiger partial charge >= 0.3 is 5.91 Å². The van der Waals surface area contributed by atoms with Crippen molar-refractivity contribution < 1.29 is 23.1 Å². The molecule has 0 radical (unpaired) electrons. The van der Waals surface area contributed by atoms with Crippen LogP contribution < -0.4 is 14.8 Å². The average Bonchev–Trinajstić information content (AvgIpc) is 3.58. The first-order chi connectivity index (χ1) is 17.5. The van der Waals surface area contributed by atoms with E-state index in [1.807, 2.05) is 49.4 Å². The van der Waals surface area contributed by atoms with Gasteiger partial charge in [-0.05, 0) is 67.1 Å². The first-order valence-electron chi connectivity index (χ1n) is 11.3. The highest BCUT2D eigenvalue weighted by Gasteiger charge is 2.26. The minimum Gasteiger partial charge on any atom is -0.497 e. The molecule has 0 aliphatic carbocycles. The second-order valence-electron chi connectivity index (χ2n) is 8.17. The summed E-state index contributed by atoms with van der Waals surface area (Å²) in [5.41, 5.74) is 2.41. The van der Waals surface area contributed by atoms with Crippen LogP contribution in [0.4, 0.5) is 4.39 Å². The maximum absolute atomic E-state index is 13.3. The molecule has 1 N–H and O–H groups in total. The van der Waals surface area contributed by atoms with Crippen LogP contribution >= 0.6 is 0 Å². The van der Waals surface area contributed by atoms with Gasteiger partial charge in [0.1, 0.15) is 29.7 Å². The fourth-order valence-corrected chi connectivity index (χ4v) is 3.98. The molecule has 0 aliphatic heterocycles. The van der Waals surface area contributed by atoms with E-state index in [0.29, 0.717) is 11.5 Å². The van der Waals surface area contributed by atoms with Gasteiger partial charge in [-0.15, -0.1) is 0 Å². The lowest BCUT2D eigenvalue weighted by Gasteiger charge is -2.26. The molecule has 0 saturated heterocycles. The molecule has 2 aromatic heterocycles. The van der Waals surface area contributed by atoms with Crippen molar-refractivity contribution in [3.05, 3.63) is 103 Å². The Morgan fingerprint density at radius 1 is 1.08 bits per heavy atom. The predicted octanol–water partition coefficient (Wildman–Crippen LogP) is 5.10. The van der Waals surface area contributed by atoms with Gasteiger partial charge in [-0.1, -0.05) is 12.1 Å². The summed E-state index contributed by atoms with van der Waals surface area (Å²) < 4.78 is 32.0. The number of benzene rings is 3. The molecule has 1 amide bonds. The normalized spacial score (nSPS) is 12.8. The van der Waals surface area contributed by atoms with E-state index in [9.17, 15) is 9.18 Å². The summed E-state index contributed by atoms with van der Waals surface area (Å²) in [4.78, 5) is 16.5. The summed E-state index contributed by atoms with van der Waals surface area (Å²) in [5.74, 6) is 0.481. The first kappa shape index (κ1) is 23.1. The highest BCUT2D eigenvalue weighted by molar-refractivity contribution is 5.89. The van der Waals surface area contributed by atoms with Gasteiger partial charge in [0, 0.05) is 5.39 Å². The van der Waals surface area contributed by atoms with E-state index in [-0.39, 0.29) is 11.7 Å². The van der Waals surface area contributed by atoms with Crippen LogP contribution in [0.2, 0.25) is 0 Å². The van der Waals surface area contributed by atoms with Crippen LogP contribution in [0, 0.1) is 5.82 Å². The van der Waals surface area contributed by atoms with Crippen LogP contribution in [0.5, 0.6) is 11.5 Å². The van der Waals surface area contributed by atoms with Crippen molar-refractivity contribution in [2.75, 3.05) is 7.11 Å². The Kier molecular flexibility index (Phi) is 6.36. The number of fused-ring (bicyclic) bond motifs is 1. The molecule has 0 bridgehead atoms. The minimum atomic E-state index is -0.552. The van der Waals surface area contributed by atoms with Crippen molar-refractivity contribution >= 4 is 16.8 Å². The number of carbonyl (C=O) groups is 1. The molecule has 0 fully saturated rings. The van der Waals surface area contributed by atoms with Crippen molar-refractivity contribution in [1.82, 2.24) is 20.1 Å². The molecule has 36 heavy (non-hydrogen) atoms. The summed E-state index contributed by atoms with van der Waals surface area (Å²) in [5, 5.41) is 8.19. The van der Waals surface area contributed by atoms with Crippen LogP contribution in [0.1, 0.15) is 29.3 Å². The van der Waals surface area contributed by atoms with Crippen molar-refractivity contribution in [2.24, 2.45) is 0 Å². The monoisotopic (exact) mass is 486 g/mol. The van der Waals surface area contributed by atoms with Crippen LogP contribution in [0.15, 0.2) is 89.8 Å². The Labute approximate surface area is 206 Å². The smallest absolute Gasteiger partial charge is 0.307 e. The number of amides is 1. The quantitative estimate of drug-likeness (QED) is 0.328. The molecular weight excluding hydrogens is 463 g/mol. The maximum Gasteiger partial charge on any atom is 0.307 e. The number of carbonyl (C=O) groups excluding carboxylic acids is 1. The van der Waals surface area contributed by atoms with E-state index >= 15 is 0 Å². The highest BCUT2D eigenvalue weighted by atomic mass is 19.1. The summed E-state index contributed by atoms with van der Waals surface area (Å²) in [7, 11) is 1.59. The number of rotatable bonds is 8. The largest absolute Gasteiger partial charge is 0.497 e. The third kappa shape index (κ3) is 4.76. The van der Waals surface area contributed by atoms with E-state index in [0.717, 1.165) is 22.2 Å². The molecule has 5 rings (SSSR count). The predicted molar refractivity (Wildman–Crippen MR) is 131 cm³/mol. The molecule has 0 unspecified atom stereocenters. The Morgan fingerprint density at radius 2 is 1.92 bits per heavy atom. The average molecular weight is 487 g/mol. The van der Waals surface area contributed by atoms with E-state index in [4.69, 9.17) is 13.9 Å². The van der Waals surface area contributed by atoms with Gasteiger partial charge in [0.15, 0.2) is 0 Å². The number of methoxy groups -OCH3 is 1. The number of ether oxygens (including phenoxy) is 2. The van der Waals surface area contributed by atoms with Gasteiger partial charge < -0.3 is 19.2 Å². The lowest BCUT2D eigenvalue weighted by Crippen LogP contribution is -2.39. The zero-order chi connectivity index (χ0) is 25.1. The van der Waals surface area contributed by atoms with Gasteiger partial charge in [0.05, 0.1) is 36.7 Å². The van der Waals surface area contributed by atoms with Crippen LogP contribution in [-0.2, 0) is 0 Å². The Hall–Kier alpha value is -4.66. The number of hydrogen-bond donors (Lipinski definition) is 1. The summed E-state index contributed by atoms with van der Waals surface area (Å²) in [6.45, 7) is 1.84. The maximum atomic E-state index is 13.3. The van der Waals surface area contributed by atoms with Crippen molar-refractivity contribution in [1.29, 1.82) is 0 Å². The lowest BCUT2D eigenvalue weighted by atomic mass is 10.0. The van der Waals surface area contributed by atoms with Gasteiger partial charge in [-0.2, -0.15) is 5.10 Å². The molecule has 5 aromatic rings. The van der Waals surface area contributed by atoms with Gasteiger partial charge in [0.2, 0.25) is 0 Å². The standard InChI is InChI=1S/C27H23FN4O4/c1-17(31-26(33)27-29-12-13-35-27)25(18-4-3-5-22(14-18)34-2)36-23-10-11-24-19(15-23)16-30-32(24)21-8-6-20(28)7-9-21/h3-17,25H,1-2H3,(H,31,33)/t17-,25+/m0/s1.